The number of hydrogen-bond acceptors (Lipinski definition) is 7. The van der Waals surface area contributed by atoms with Gasteiger partial charge >= 0.3 is 5.82 Å². The van der Waals surface area contributed by atoms with E-state index < -0.39 is 10.8 Å². The van der Waals surface area contributed by atoms with Crippen LogP contribution < -0.4 is 11.3 Å². The smallest absolute Gasteiger partial charge is 0.358 e. The number of nitrogens with two attached hydrogens (primary N) is 1. The van der Waals surface area contributed by atoms with Crippen LogP contribution in [0.15, 0.2) is 18.7 Å². The van der Waals surface area contributed by atoms with E-state index in [0.29, 0.717) is 13.1 Å². The first-order chi connectivity index (χ1) is 9.10. The Kier molecular flexibility index (Phi) is 3.47. The Hall–Kier alpha value is -2.82. The molecule has 11 nitrogen and oxygen atoms in total. The minimum atomic E-state index is -0.574. The fraction of sp³-hybridized carbons (Fsp3) is 0.250. The molecule has 3 N–H and O–H groups in total. The second kappa shape index (κ2) is 5.22. The molecule has 2 aromatic heterocycles. The van der Waals surface area contributed by atoms with Gasteiger partial charge in [-0.3, -0.25) is 10.2 Å². The van der Waals surface area contributed by atoms with Gasteiger partial charge in [0, 0.05) is 6.54 Å². The summed E-state index contributed by atoms with van der Waals surface area (Å²) in [5.74, 6) is 4.20. The molecule has 0 fully saturated rings. The number of carbonyl (C=O) groups is 1. The molecule has 100 valence electrons. The Bertz CT molecular complexity index is 603. The highest BCUT2D eigenvalue weighted by Gasteiger charge is 2.11. The molecule has 0 aliphatic carbocycles. The summed E-state index contributed by atoms with van der Waals surface area (Å²) < 4.78 is 2.97. The van der Waals surface area contributed by atoms with Crippen molar-refractivity contribution in [1.82, 2.24) is 30.0 Å². The number of hydrogen-bond donors (Lipinski definition) is 2. The van der Waals surface area contributed by atoms with Crippen molar-refractivity contribution < 1.29 is 9.72 Å². The molecule has 2 heterocycles. The Morgan fingerprint density at radius 1 is 1.47 bits per heavy atom. The van der Waals surface area contributed by atoms with E-state index in [9.17, 15) is 14.9 Å². The molecule has 0 saturated heterocycles. The number of nitro groups is 1. The van der Waals surface area contributed by atoms with E-state index in [0.717, 1.165) is 0 Å². The van der Waals surface area contributed by atoms with Crippen molar-refractivity contribution in [2.45, 2.75) is 13.1 Å². The fourth-order valence-corrected chi connectivity index (χ4v) is 1.37. The quantitative estimate of drug-likeness (QED) is 0.295. The Morgan fingerprint density at radius 3 is 2.89 bits per heavy atom. The van der Waals surface area contributed by atoms with Crippen LogP contribution in [0.4, 0.5) is 5.82 Å². The van der Waals surface area contributed by atoms with Gasteiger partial charge in [0.05, 0.1) is 12.7 Å². The van der Waals surface area contributed by atoms with E-state index in [1.165, 1.54) is 23.4 Å². The average molecular weight is 266 g/mol. The van der Waals surface area contributed by atoms with E-state index in [2.05, 4.69) is 15.3 Å². The summed E-state index contributed by atoms with van der Waals surface area (Å²) in [5.41, 5.74) is 2.04. The van der Waals surface area contributed by atoms with Crippen molar-refractivity contribution in [2.75, 3.05) is 0 Å². The molecule has 0 aromatic carbocycles. The van der Waals surface area contributed by atoms with E-state index in [-0.39, 0.29) is 11.5 Å². The zero-order valence-corrected chi connectivity index (χ0v) is 9.63. The lowest BCUT2D eigenvalue weighted by molar-refractivity contribution is -0.389. The van der Waals surface area contributed by atoms with Crippen molar-refractivity contribution >= 4 is 11.7 Å². The third kappa shape index (κ3) is 2.90. The molecule has 2 aromatic rings. The van der Waals surface area contributed by atoms with Crippen molar-refractivity contribution in [3.05, 3.63) is 34.5 Å². The first kappa shape index (κ1) is 12.6. The number of rotatable bonds is 5. The first-order valence-corrected chi connectivity index (χ1v) is 5.17. The molecule has 1 amide bonds. The molecule has 19 heavy (non-hydrogen) atoms. The number of nitrogens with one attached hydrogen (secondary N) is 1. The molecular formula is C8H10N8O3. The molecule has 0 aliphatic rings. The second-order valence-electron chi connectivity index (χ2n) is 3.57. The van der Waals surface area contributed by atoms with Gasteiger partial charge < -0.3 is 14.7 Å². The van der Waals surface area contributed by atoms with Crippen LogP contribution in [0.1, 0.15) is 10.5 Å². The fourth-order valence-electron chi connectivity index (χ4n) is 1.37. The van der Waals surface area contributed by atoms with Crippen LogP contribution in [0.25, 0.3) is 0 Å². The van der Waals surface area contributed by atoms with E-state index in [1.54, 1.807) is 4.57 Å². The van der Waals surface area contributed by atoms with E-state index in [4.69, 9.17) is 5.84 Å². The van der Waals surface area contributed by atoms with Crippen LogP contribution in [0.3, 0.4) is 0 Å². The number of nitrogen functional groups attached to an aromatic ring is 1. The lowest BCUT2D eigenvalue weighted by Crippen LogP contribution is -2.30. The number of aryl methyl sites for hydroxylation is 2. The van der Waals surface area contributed by atoms with Gasteiger partial charge in [-0.05, 0) is 9.91 Å². The van der Waals surface area contributed by atoms with Crippen molar-refractivity contribution in [3.8, 4) is 0 Å². The van der Waals surface area contributed by atoms with E-state index in [1.807, 2.05) is 5.43 Å². The minimum Gasteiger partial charge on any atom is -0.358 e. The van der Waals surface area contributed by atoms with Crippen molar-refractivity contribution in [3.63, 3.8) is 0 Å². The average Bonchev–Trinajstić information content (AvgIpc) is 3.04. The standard InChI is InChI=1S/C8H10N8O3/c9-11-8(17)6-3-15(13-12-6)2-1-14-4-7(10-5-14)16(18)19/h3-5H,1-2,9H2,(H,11,17). The topological polar surface area (TPSA) is 147 Å². The van der Waals surface area contributed by atoms with Gasteiger partial charge in [-0.15, -0.1) is 5.10 Å². The largest absolute Gasteiger partial charge is 0.381 e. The van der Waals surface area contributed by atoms with Gasteiger partial charge in [0.1, 0.15) is 6.20 Å². The zero-order valence-electron chi connectivity index (χ0n) is 9.63. The maximum absolute atomic E-state index is 11.1. The third-order valence-corrected chi connectivity index (χ3v) is 2.30. The molecule has 11 heteroatoms. The van der Waals surface area contributed by atoms with Crippen LogP contribution in [0, 0.1) is 10.1 Å². The maximum Gasteiger partial charge on any atom is 0.381 e. The monoisotopic (exact) mass is 266 g/mol. The van der Waals surface area contributed by atoms with Crippen LogP contribution in [-0.2, 0) is 13.1 Å². The summed E-state index contributed by atoms with van der Waals surface area (Å²) >= 11 is 0. The van der Waals surface area contributed by atoms with Crippen LogP contribution in [0.2, 0.25) is 0 Å². The van der Waals surface area contributed by atoms with Crippen molar-refractivity contribution in [2.24, 2.45) is 5.84 Å². The highest BCUT2D eigenvalue weighted by molar-refractivity contribution is 5.91. The van der Waals surface area contributed by atoms with Crippen LogP contribution in [-0.4, -0.2) is 35.4 Å². The first-order valence-electron chi connectivity index (χ1n) is 5.17. The summed E-state index contributed by atoms with van der Waals surface area (Å²) in [6.45, 7) is 0.798. The molecule has 0 unspecified atom stereocenters. The Balaban J connectivity index is 1.96. The lowest BCUT2D eigenvalue weighted by atomic mass is 10.4. The number of aromatic nitrogens is 5. The highest BCUT2D eigenvalue weighted by atomic mass is 16.6. The molecule has 0 radical (unpaired) electrons. The maximum atomic E-state index is 11.1. The predicted molar refractivity (Wildman–Crippen MR) is 60.6 cm³/mol. The molecule has 0 bridgehead atoms. The molecule has 2 rings (SSSR count). The summed E-state index contributed by atoms with van der Waals surface area (Å²) in [5, 5.41) is 17.8. The van der Waals surface area contributed by atoms with Crippen molar-refractivity contribution in [1.29, 1.82) is 0 Å². The van der Waals surface area contributed by atoms with Gasteiger partial charge in [0.25, 0.3) is 5.91 Å². The number of imidazole rings is 1. The molecule has 0 atom stereocenters. The van der Waals surface area contributed by atoms with Gasteiger partial charge in [-0.1, -0.05) is 5.21 Å². The number of nitrogens with zero attached hydrogens (tertiary/aromatic N) is 6. The third-order valence-electron chi connectivity index (χ3n) is 2.30. The molecular weight excluding hydrogens is 256 g/mol. The Labute approximate surface area is 106 Å². The van der Waals surface area contributed by atoms with E-state index >= 15 is 0 Å². The summed E-state index contributed by atoms with van der Waals surface area (Å²) in [6, 6.07) is 0. The number of hydrazine groups is 1. The number of carbonyl (C=O) groups excluding carboxylic acids is 1. The van der Waals surface area contributed by atoms with Gasteiger partial charge in [-0.2, -0.15) is 0 Å². The SMILES string of the molecule is NNC(=O)c1cn(CCn2cnc([N+](=O)[O-])c2)nn1. The summed E-state index contributed by atoms with van der Waals surface area (Å²) in [4.78, 5) is 24.6. The minimum absolute atomic E-state index is 0.0964. The summed E-state index contributed by atoms with van der Waals surface area (Å²) in [6.07, 6.45) is 4.08. The van der Waals surface area contributed by atoms with Crippen LogP contribution in [0.5, 0.6) is 0 Å². The Morgan fingerprint density at radius 2 is 2.26 bits per heavy atom. The van der Waals surface area contributed by atoms with Gasteiger partial charge in [0.2, 0.25) is 6.33 Å². The van der Waals surface area contributed by atoms with Gasteiger partial charge in [-0.25, -0.2) is 10.5 Å². The molecule has 0 saturated carbocycles. The molecule has 0 spiro atoms. The van der Waals surface area contributed by atoms with Crippen LogP contribution >= 0.6 is 0 Å². The molecule has 0 aliphatic heterocycles. The summed E-state index contributed by atoms with van der Waals surface area (Å²) in [7, 11) is 0. The predicted octanol–water partition coefficient (Wildman–Crippen LogP) is -1.31. The highest BCUT2D eigenvalue weighted by Crippen LogP contribution is 2.05. The zero-order chi connectivity index (χ0) is 13.8. The second-order valence-corrected chi connectivity index (χ2v) is 3.57. The lowest BCUT2D eigenvalue weighted by Gasteiger charge is -1.99. The number of amides is 1. The normalized spacial score (nSPS) is 10.4. The van der Waals surface area contributed by atoms with Gasteiger partial charge in [0.15, 0.2) is 5.69 Å².